The van der Waals surface area contributed by atoms with Crippen LogP contribution in [0.25, 0.3) is 0 Å². The number of pyridine rings is 2. The van der Waals surface area contributed by atoms with E-state index in [-0.39, 0.29) is 11.8 Å². The van der Waals surface area contributed by atoms with Crippen LogP contribution in [0.5, 0.6) is 0 Å². The van der Waals surface area contributed by atoms with Gasteiger partial charge in [0, 0.05) is 39.7 Å². The molecule has 0 spiro atoms. The van der Waals surface area contributed by atoms with Crippen molar-refractivity contribution in [3.05, 3.63) is 44.6 Å². The summed E-state index contributed by atoms with van der Waals surface area (Å²) in [7, 11) is 0. The average Bonchev–Trinajstić information content (AvgIpc) is 2.89. The van der Waals surface area contributed by atoms with Gasteiger partial charge in [0.2, 0.25) is 11.8 Å². The van der Waals surface area contributed by atoms with Crippen molar-refractivity contribution in [2.24, 2.45) is 0 Å². The Morgan fingerprint density at radius 3 is 2.33 bits per heavy atom. The zero-order valence-electron chi connectivity index (χ0n) is 14.3. The van der Waals surface area contributed by atoms with E-state index in [9.17, 15) is 14.7 Å². The van der Waals surface area contributed by atoms with Crippen LogP contribution in [-0.2, 0) is 16.0 Å². The summed E-state index contributed by atoms with van der Waals surface area (Å²) in [5.74, 6) is 1.14. The molecule has 142 valence electrons. The number of rotatable bonds is 0. The number of aliphatic hydroxyl groups is 1. The fourth-order valence-corrected chi connectivity index (χ4v) is 3.58. The first-order valence-corrected chi connectivity index (χ1v) is 10.1. The van der Waals surface area contributed by atoms with Crippen molar-refractivity contribution >= 4 is 55.3 Å². The molecule has 0 fully saturated rings. The van der Waals surface area contributed by atoms with Crippen LogP contribution in [0.1, 0.15) is 42.9 Å². The van der Waals surface area contributed by atoms with Crippen molar-refractivity contribution < 1.29 is 14.7 Å². The molecule has 0 saturated carbocycles. The monoisotopic (exact) mass is 496 g/mol. The van der Waals surface area contributed by atoms with E-state index in [1.54, 1.807) is 18.5 Å². The van der Waals surface area contributed by atoms with Crippen molar-refractivity contribution in [3.8, 4) is 0 Å². The minimum atomic E-state index is -0.617. The molecule has 2 aliphatic rings. The second-order valence-electron chi connectivity index (χ2n) is 6.26. The SMILES string of the molecule is O=C1CCC(O)c2cc(Br)cnc2N1.O=C1CCCc2cc(Br)cnc2N1. The molecule has 1 atom stereocenters. The van der Waals surface area contributed by atoms with Gasteiger partial charge in [-0.05, 0) is 68.8 Å². The number of aromatic nitrogens is 2. The molecule has 4 rings (SSSR count). The molecule has 7 nitrogen and oxygen atoms in total. The van der Waals surface area contributed by atoms with Gasteiger partial charge < -0.3 is 15.7 Å². The quantitative estimate of drug-likeness (QED) is 0.514. The Hall–Kier alpha value is -1.84. The molecule has 0 aliphatic carbocycles. The standard InChI is InChI=1S/C9H9BrN2O2.C9H9BrN2O/c10-5-3-6-7(13)1-2-8(14)12-9(6)11-4-5;10-7-4-6-2-1-3-8(13)12-9(6)11-5-7/h3-4,7,13H,1-2H2,(H,11,12,14);4-5H,1-3H2,(H,11,12,13). The van der Waals surface area contributed by atoms with Crippen molar-refractivity contribution in [1.29, 1.82) is 0 Å². The summed E-state index contributed by atoms with van der Waals surface area (Å²) in [6.07, 6.45) is 5.85. The topological polar surface area (TPSA) is 104 Å². The summed E-state index contributed by atoms with van der Waals surface area (Å²) in [6.45, 7) is 0. The van der Waals surface area contributed by atoms with Gasteiger partial charge in [0.25, 0.3) is 0 Å². The Kier molecular flexibility index (Phi) is 6.56. The van der Waals surface area contributed by atoms with Crippen LogP contribution < -0.4 is 10.6 Å². The zero-order chi connectivity index (χ0) is 19.4. The number of carbonyl (C=O) groups excluding carboxylic acids is 2. The van der Waals surface area contributed by atoms with Crippen LogP contribution >= 0.6 is 31.9 Å². The number of nitrogens with one attached hydrogen (secondary N) is 2. The highest BCUT2D eigenvalue weighted by molar-refractivity contribution is 9.10. The van der Waals surface area contributed by atoms with Crippen molar-refractivity contribution in [3.63, 3.8) is 0 Å². The second-order valence-corrected chi connectivity index (χ2v) is 8.09. The molecule has 3 N–H and O–H groups in total. The molecular weight excluding hydrogens is 480 g/mol. The summed E-state index contributed by atoms with van der Waals surface area (Å²) >= 11 is 6.63. The second kappa shape index (κ2) is 8.90. The van der Waals surface area contributed by atoms with E-state index < -0.39 is 6.10 Å². The molecule has 0 saturated heterocycles. The van der Waals surface area contributed by atoms with Gasteiger partial charge in [-0.3, -0.25) is 9.59 Å². The predicted molar refractivity (Wildman–Crippen MR) is 108 cm³/mol. The first kappa shape index (κ1) is 19.9. The minimum Gasteiger partial charge on any atom is -0.388 e. The third-order valence-electron chi connectivity index (χ3n) is 4.19. The van der Waals surface area contributed by atoms with E-state index in [2.05, 4.69) is 52.5 Å². The van der Waals surface area contributed by atoms with Crippen LogP contribution in [0, 0.1) is 0 Å². The number of halogens is 2. The molecule has 0 aromatic carbocycles. The number of nitrogens with zero attached hydrogens (tertiary/aromatic N) is 2. The Morgan fingerprint density at radius 2 is 1.56 bits per heavy atom. The van der Waals surface area contributed by atoms with Gasteiger partial charge in [-0.15, -0.1) is 0 Å². The third-order valence-corrected chi connectivity index (χ3v) is 5.05. The Balaban J connectivity index is 0.000000156. The first-order chi connectivity index (χ1) is 12.9. The van der Waals surface area contributed by atoms with Crippen molar-refractivity contribution in [1.82, 2.24) is 9.97 Å². The van der Waals surface area contributed by atoms with E-state index in [1.165, 1.54) is 0 Å². The Bertz CT molecular complexity index is 876. The molecular formula is C18H18Br2N4O3. The predicted octanol–water partition coefficient (Wildman–Crippen LogP) is 3.73. The Morgan fingerprint density at radius 1 is 0.926 bits per heavy atom. The van der Waals surface area contributed by atoms with E-state index in [4.69, 9.17) is 0 Å². The van der Waals surface area contributed by atoms with Gasteiger partial charge in [-0.2, -0.15) is 0 Å². The van der Waals surface area contributed by atoms with Crippen LogP contribution in [0.4, 0.5) is 11.6 Å². The summed E-state index contributed by atoms with van der Waals surface area (Å²) in [5, 5.41) is 15.2. The normalized spacial score (nSPS) is 18.6. The van der Waals surface area contributed by atoms with Gasteiger partial charge in [-0.25, -0.2) is 9.97 Å². The van der Waals surface area contributed by atoms with Gasteiger partial charge >= 0.3 is 0 Å². The molecule has 4 heterocycles. The molecule has 27 heavy (non-hydrogen) atoms. The van der Waals surface area contributed by atoms with Gasteiger partial charge in [0.1, 0.15) is 11.6 Å². The van der Waals surface area contributed by atoms with E-state index in [0.717, 1.165) is 27.4 Å². The van der Waals surface area contributed by atoms with Gasteiger partial charge in [0.05, 0.1) is 6.10 Å². The first-order valence-electron chi connectivity index (χ1n) is 8.50. The molecule has 9 heteroatoms. The maximum atomic E-state index is 11.2. The summed E-state index contributed by atoms with van der Waals surface area (Å²) in [4.78, 5) is 30.6. The molecule has 1 unspecified atom stereocenters. The maximum Gasteiger partial charge on any atom is 0.225 e. The number of aryl methyl sites for hydroxylation is 1. The lowest BCUT2D eigenvalue weighted by atomic mass is 10.1. The summed E-state index contributed by atoms with van der Waals surface area (Å²) < 4.78 is 1.76. The number of fused-ring (bicyclic) bond motifs is 2. The Labute approximate surface area is 173 Å². The molecule has 2 aromatic rings. The van der Waals surface area contributed by atoms with Gasteiger partial charge in [0.15, 0.2) is 0 Å². The molecule has 0 bridgehead atoms. The zero-order valence-corrected chi connectivity index (χ0v) is 17.5. The smallest absolute Gasteiger partial charge is 0.225 e. The van der Waals surface area contributed by atoms with E-state index in [0.29, 0.717) is 36.5 Å². The average molecular weight is 498 g/mol. The fraction of sp³-hybridized carbons (Fsp3) is 0.333. The fourth-order valence-electron chi connectivity index (χ4n) is 2.85. The maximum absolute atomic E-state index is 11.2. The number of anilines is 2. The van der Waals surface area contributed by atoms with Crippen LogP contribution in [0.3, 0.4) is 0 Å². The number of aliphatic hydroxyl groups excluding tert-OH is 1. The third kappa shape index (κ3) is 5.33. The van der Waals surface area contributed by atoms with Gasteiger partial charge in [-0.1, -0.05) is 0 Å². The largest absolute Gasteiger partial charge is 0.388 e. The van der Waals surface area contributed by atoms with Crippen LogP contribution in [0.15, 0.2) is 33.5 Å². The summed E-state index contributed by atoms with van der Waals surface area (Å²) in [5.41, 5.74) is 1.78. The molecule has 2 amide bonds. The van der Waals surface area contributed by atoms with Crippen LogP contribution in [-0.4, -0.2) is 26.9 Å². The molecule has 2 aromatic heterocycles. The number of hydrogen-bond donors (Lipinski definition) is 3. The summed E-state index contributed by atoms with van der Waals surface area (Å²) in [6, 6.07) is 3.78. The lowest BCUT2D eigenvalue weighted by molar-refractivity contribution is -0.117. The van der Waals surface area contributed by atoms with E-state index >= 15 is 0 Å². The highest BCUT2D eigenvalue weighted by Gasteiger charge is 2.21. The lowest BCUT2D eigenvalue weighted by Crippen LogP contribution is -2.10. The van der Waals surface area contributed by atoms with Crippen molar-refractivity contribution in [2.75, 3.05) is 10.6 Å². The number of amides is 2. The number of carbonyl (C=O) groups is 2. The van der Waals surface area contributed by atoms with E-state index in [1.807, 2.05) is 6.07 Å². The molecule has 2 aliphatic heterocycles. The highest BCUT2D eigenvalue weighted by atomic mass is 79.9. The molecule has 0 radical (unpaired) electrons. The lowest BCUT2D eigenvalue weighted by Gasteiger charge is -2.09. The highest BCUT2D eigenvalue weighted by Crippen LogP contribution is 2.30. The van der Waals surface area contributed by atoms with Crippen LogP contribution in [0.2, 0.25) is 0 Å². The number of hydrogen-bond acceptors (Lipinski definition) is 5. The van der Waals surface area contributed by atoms with Crippen molar-refractivity contribution in [2.45, 2.75) is 38.2 Å². The minimum absolute atomic E-state index is 0.0635.